The molecule has 2 aromatic rings. The fourth-order valence-electron chi connectivity index (χ4n) is 1.40. The molecule has 6 heteroatoms. The number of carbonyl (C=O) groups is 1. The first-order valence-electron chi connectivity index (χ1n) is 5.19. The number of aromatic carboxylic acids is 1. The number of hydrogen-bond donors (Lipinski definition) is 2. The van der Waals surface area contributed by atoms with Gasteiger partial charge in [-0.3, -0.25) is 0 Å². The summed E-state index contributed by atoms with van der Waals surface area (Å²) in [6.07, 6.45) is 2.12. The Labute approximate surface area is 102 Å². The molecule has 2 rings (SSSR count). The summed E-state index contributed by atoms with van der Waals surface area (Å²) in [5.74, 6) is -1.19. The van der Waals surface area contributed by atoms with E-state index in [1.807, 2.05) is 0 Å². The Hall–Kier alpha value is -2.50. The average Bonchev–Trinajstić information content (AvgIpc) is 2.38. The SMILES string of the molecule is O=C(O)c1cccc(CNc2ncc(F)cn2)c1. The fourth-order valence-corrected chi connectivity index (χ4v) is 1.40. The molecule has 0 spiro atoms. The summed E-state index contributed by atoms with van der Waals surface area (Å²) in [6, 6.07) is 6.51. The normalized spacial score (nSPS) is 10.1. The van der Waals surface area contributed by atoms with Crippen molar-refractivity contribution in [2.45, 2.75) is 6.54 Å². The van der Waals surface area contributed by atoms with Crippen molar-refractivity contribution >= 4 is 11.9 Å². The molecule has 0 saturated carbocycles. The van der Waals surface area contributed by atoms with Crippen LogP contribution in [0.3, 0.4) is 0 Å². The lowest BCUT2D eigenvalue weighted by atomic mass is 10.1. The predicted octanol–water partition coefficient (Wildman–Crippen LogP) is 1.93. The van der Waals surface area contributed by atoms with Gasteiger partial charge in [0.25, 0.3) is 0 Å². The van der Waals surface area contributed by atoms with E-state index in [1.165, 1.54) is 6.07 Å². The molecule has 0 saturated heterocycles. The molecular formula is C12H10FN3O2. The minimum absolute atomic E-state index is 0.217. The standard InChI is InChI=1S/C12H10FN3O2/c13-10-6-15-12(16-7-10)14-5-8-2-1-3-9(4-8)11(17)18/h1-4,6-7H,5H2,(H,17,18)(H,14,15,16). The van der Waals surface area contributed by atoms with Crippen LogP contribution in [0.5, 0.6) is 0 Å². The lowest BCUT2D eigenvalue weighted by molar-refractivity contribution is 0.0697. The van der Waals surface area contributed by atoms with Crippen LogP contribution >= 0.6 is 0 Å². The van der Waals surface area contributed by atoms with E-state index < -0.39 is 11.8 Å². The van der Waals surface area contributed by atoms with Crippen LogP contribution in [0.4, 0.5) is 10.3 Å². The fraction of sp³-hybridized carbons (Fsp3) is 0.0833. The average molecular weight is 247 g/mol. The number of carboxylic acid groups (broad SMARTS) is 1. The molecule has 1 aromatic carbocycles. The number of aromatic nitrogens is 2. The van der Waals surface area contributed by atoms with E-state index in [9.17, 15) is 9.18 Å². The van der Waals surface area contributed by atoms with E-state index >= 15 is 0 Å². The van der Waals surface area contributed by atoms with Crippen LogP contribution in [0.25, 0.3) is 0 Å². The molecule has 0 bridgehead atoms. The number of nitrogens with zero attached hydrogens (tertiary/aromatic N) is 2. The highest BCUT2D eigenvalue weighted by molar-refractivity contribution is 5.87. The number of benzene rings is 1. The van der Waals surface area contributed by atoms with Crippen LogP contribution in [-0.2, 0) is 6.54 Å². The summed E-state index contributed by atoms with van der Waals surface area (Å²) < 4.78 is 12.6. The second kappa shape index (κ2) is 5.22. The van der Waals surface area contributed by atoms with Gasteiger partial charge < -0.3 is 10.4 Å². The van der Waals surface area contributed by atoms with E-state index in [-0.39, 0.29) is 11.5 Å². The van der Waals surface area contributed by atoms with Crippen LogP contribution in [0.15, 0.2) is 36.7 Å². The summed E-state index contributed by atoms with van der Waals surface area (Å²) in [4.78, 5) is 18.3. The van der Waals surface area contributed by atoms with Gasteiger partial charge in [0.1, 0.15) is 0 Å². The zero-order chi connectivity index (χ0) is 13.0. The van der Waals surface area contributed by atoms with Crippen LogP contribution in [0.1, 0.15) is 15.9 Å². The van der Waals surface area contributed by atoms with Crippen molar-refractivity contribution in [3.63, 3.8) is 0 Å². The van der Waals surface area contributed by atoms with Crippen molar-refractivity contribution < 1.29 is 14.3 Å². The summed E-state index contributed by atoms with van der Waals surface area (Å²) >= 11 is 0. The summed E-state index contributed by atoms with van der Waals surface area (Å²) in [7, 11) is 0. The number of hydrogen-bond acceptors (Lipinski definition) is 4. The molecule has 0 fully saturated rings. The van der Waals surface area contributed by atoms with Crippen molar-refractivity contribution in [2.75, 3.05) is 5.32 Å². The van der Waals surface area contributed by atoms with Gasteiger partial charge in [0.05, 0.1) is 18.0 Å². The zero-order valence-corrected chi connectivity index (χ0v) is 9.30. The Morgan fingerprint density at radius 3 is 2.72 bits per heavy atom. The van der Waals surface area contributed by atoms with E-state index in [2.05, 4.69) is 15.3 Å². The Kier molecular flexibility index (Phi) is 3.47. The van der Waals surface area contributed by atoms with Crippen LogP contribution in [0.2, 0.25) is 0 Å². The maximum atomic E-state index is 12.6. The molecule has 5 nitrogen and oxygen atoms in total. The van der Waals surface area contributed by atoms with Gasteiger partial charge in [-0.2, -0.15) is 0 Å². The van der Waals surface area contributed by atoms with Crippen molar-refractivity contribution in [1.82, 2.24) is 9.97 Å². The predicted molar refractivity (Wildman–Crippen MR) is 62.7 cm³/mol. The van der Waals surface area contributed by atoms with Gasteiger partial charge in [-0.1, -0.05) is 12.1 Å². The van der Waals surface area contributed by atoms with Crippen LogP contribution < -0.4 is 5.32 Å². The second-order valence-electron chi connectivity index (χ2n) is 3.58. The third-order valence-corrected chi connectivity index (χ3v) is 2.24. The lowest BCUT2D eigenvalue weighted by Gasteiger charge is -2.05. The van der Waals surface area contributed by atoms with Gasteiger partial charge in [-0.05, 0) is 17.7 Å². The van der Waals surface area contributed by atoms with Gasteiger partial charge in [-0.15, -0.1) is 0 Å². The highest BCUT2D eigenvalue weighted by atomic mass is 19.1. The topological polar surface area (TPSA) is 75.1 Å². The van der Waals surface area contributed by atoms with Crippen molar-refractivity contribution in [2.24, 2.45) is 0 Å². The van der Waals surface area contributed by atoms with Gasteiger partial charge in [0, 0.05) is 6.54 Å². The summed E-state index contributed by atoms with van der Waals surface area (Å²) in [6.45, 7) is 0.368. The molecular weight excluding hydrogens is 237 g/mol. The van der Waals surface area contributed by atoms with Gasteiger partial charge >= 0.3 is 5.97 Å². The number of anilines is 1. The van der Waals surface area contributed by atoms with E-state index in [0.717, 1.165) is 18.0 Å². The van der Waals surface area contributed by atoms with Crippen LogP contribution in [-0.4, -0.2) is 21.0 Å². The molecule has 92 valence electrons. The maximum absolute atomic E-state index is 12.6. The number of halogens is 1. The van der Waals surface area contributed by atoms with Crippen molar-refractivity contribution in [1.29, 1.82) is 0 Å². The zero-order valence-electron chi connectivity index (χ0n) is 9.30. The van der Waals surface area contributed by atoms with Crippen molar-refractivity contribution in [3.8, 4) is 0 Å². The minimum atomic E-state index is -0.977. The molecule has 1 aromatic heterocycles. The second-order valence-corrected chi connectivity index (χ2v) is 3.58. The highest BCUT2D eigenvalue weighted by Crippen LogP contribution is 2.07. The molecule has 0 amide bonds. The van der Waals surface area contributed by atoms with Gasteiger partial charge in [0.2, 0.25) is 5.95 Å². The molecule has 0 aliphatic rings. The third kappa shape index (κ3) is 3.00. The largest absolute Gasteiger partial charge is 0.478 e. The molecule has 18 heavy (non-hydrogen) atoms. The lowest BCUT2D eigenvalue weighted by Crippen LogP contribution is -2.05. The summed E-state index contributed by atoms with van der Waals surface area (Å²) in [5.41, 5.74) is 0.997. The third-order valence-electron chi connectivity index (χ3n) is 2.24. The Morgan fingerprint density at radius 1 is 1.33 bits per heavy atom. The molecule has 1 heterocycles. The molecule has 0 atom stereocenters. The maximum Gasteiger partial charge on any atom is 0.335 e. The first-order chi connectivity index (χ1) is 8.65. The van der Waals surface area contributed by atoms with Gasteiger partial charge in [-0.25, -0.2) is 19.2 Å². The Bertz CT molecular complexity index is 558. The quantitative estimate of drug-likeness (QED) is 0.863. The van der Waals surface area contributed by atoms with E-state index in [1.54, 1.807) is 18.2 Å². The number of nitrogens with one attached hydrogen (secondary N) is 1. The first kappa shape index (κ1) is 12.0. The Morgan fingerprint density at radius 2 is 2.06 bits per heavy atom. The first-order valence-corrected chi connectivity index (χ1v) is 5.19. The molecule has 0 unspecified atom stereocenters. The number of rotatable bonds is 4. The van der Waals surface area contributed by atoms with Gasteiger partial charge in [0.15, 0.2) is 5.82 Å². The molecule has 0 aliphatic heterocycles. The highest BCUT2D eigenvalue weighted by Gasteiger charge is 2.03. The molecule has 0 radical (unpaired) electrons. The minimum Gasteiger partial charge on any atom is -0.478 e. The van der Waals surface area contributed by atoms with Crippen LogP contribution in [0, 0.1) is 5.82 Å². The smallest absolute Gasteiger partial charge is 0.335 e. The van der Waals surface area contributed by atoms with E-state index in [0.29, 0.717) is 6.54 Å². The Balaban J connectivity index is 2.04. The summed E-state index contributed by atoms with van der Waals surface area (Å²) in [5, 5.41) is 11.7. The molecule has 0 aliphatic carbocycles. The number of carboxylic acids is 1. The van der Waals surface area contributed by atoms with Crippen molar-refractivity contribution in [3.05, 3.63) is 53.6 Å². The van der Waals surface area contributed by atoms with E-state index in [4.69, 9.17) is 5.11 Å². The molecule has 2 N–H and O–H groups in total. The monoisotopic (exact) mass is 247 g/mol.